The first-order valence-electron chi connectivity index (χ1n) is 5.28. The van der Waals surface area contributed by atoms with Crippen molar-refractivity contribution in [3.05, 3.63) is 0 Å². The van der Waals surface area contributed by atoms with Gasteiger partial charge in [-0.3, -0.25) is 0 Å². The van der Waals surface area contributed by atoms with Crippen LogP contribution in [0, 0.1) is 11.8 Å². The standard InChI is InChI=1S/C9H19OSi2/c11-10-12-9(7-3-1-4-7)8-5-2-6-8/h7-9,12H,1-6H2,11H3. The van der Waals surface area contributed by atoms with Gasteiger partial charge in [0.25, 0.3) is 0 Å². The highest BCUT2D eigenvalue weighted by atomic mass is 28.3. The average molecular weight is 199 g/mol. The van der Waals surface area contributed by atoms with Crippen LogP contribution in [0.1, 0.15) is 38.5 Å². The summed E-state index contributed by atoms with van der Waals surface area (Å²) in [6, 6.07) is 0. The van der Waals surface area contributed by atoms with Crippen LogP contribution in [0.15, 0.2) is 0 Å². The van der Waals surface area contributed by atoms with Crippen molar-refractivity contribution in [3.8, 4) is 0 Å². The molecule has 12 heavy (non-hydrogen) atoms. The van der Waals surface area contributed by atoms with E-state index in [1.54, 1.807) is 0 Å². The fraction of sp³-hybridized carbons (Fsp3) is 1.00. The second kappa shape index (κ2) is 4.07. The first kappa shape index (κ1) is 8.97. The first-order chi connectivity index (χ1) is 5.92. The maximum Gasteiger partial charge on any atom is 0.181 e. The molecule has 1 nitrogen and oxygen atoms in total. The lowest BCUT2D eigenvalue weighted by molar-refractivity contribution is 0.183. The Morgan fingerprint density at radius 3 is 1.83 bits per heavy atom. The van der Waals surface area contributed by atoms with Crippen molar-refractivity contribution in [3.63, 3.8) is 0 Å². The smallest absolute Gasteiger partial charge is 0.181 e. The van der Waals surface area contributed by atoms with Gasteiger partial charge in [0.1, 0.15) is 10.5 Å². The summed E-state index contributed by atoms with van der Waals surface area (Å²) in [5.74, 6) is 2.17. The van der Waals surface area contributed by atoms with Crippen LogP contribution in [-0.4, -0.2) is 20.2 Å². The Morgan fingerprint density at radius 1 is 1.08 bits per heavy atom. The molecule has 0 amide bonds. The molecule has 0 spiro atoms. The van der Waals surface area contributed by atoms with Gasteiger partial charge in [-0.2, -0.15) is 0 Å². The van der Waals surface area contributed by atoms with E-state index >= 15 is 0 Å². The predicted molar refractivity (Wildman–Crippen MR) is 56.6 cm³/mol. The molecule has 0 heterocycles. The molecule has 1 radical (unpaired) electrons. The first-order valence-corrected chi connectivity index (χ1v) is 7.23. The van der Waals surface area contributed by atoms with Gasteiger partial charge >= 0.3 is 0 Å². The Kier molecular flexibility index (Phi) is 3.04. The Balaban J connectivity index is 1.82. The summed E-state index contributed by atoms with van der Waals surface area (Å²) in [4.78, 5) is 0. The molecular weight excluding hydrogens is 180 g/mol. The Bertz CT molecular complexity index is 129. The van der Waals surface area contributed by atoms with Crippen molar-refractivity contribution in [2.75, 3.05) is 0 Å². The number of hydrogen-bond donors (Lipinski definition) is 0. The number of rotatable bonds is 4. The van der Waals surface area contributed by atoms with Crippen molar-refractivity contribution >= 4 is 20.2 Å². The maximum atomic E-state index is 5.54. The lowest BCUT2D eigenvalue weighted by atomic mass is 9.72. The van der Waals surface area contributed by atoms with Crippen LogP contribution in [0.2, 0.25) is 5.54 Å². The Morgan fingerprint density at radius 2 is 1.58 bits per heavy atom. The van der Waals surface area contributed by atoms with Crippen LogP contribution >= 0.6 is 0 Å². The van der Waals surface area contributed by atoms with Crippen molar-refractivity contribution in [1.82, 2.24) is 0 Å². The molecule has 0 saturated heterocycles. The minimum absolute atomic E-state index is 0.364. The molecule has 2 aliphatic carbocycles. The fourth-order valence-corrected chi connectivity index (χ4v) is 4.89. The fourth-order valence-electron chi connectivity index (χ4n) is 2.41. The summed E-state index contributed by atoms with van der Waals surface area (Å²) in [6.45, 7) is 0. The minimum Gasteiger partial charge on any atom is -0.466 e. The van der Waals surface area contributed by atoms with Crippen molar-refractivity contribution in [1.29, 1.82) is 0 Å². The largest absolute Gasteiger partial charge is 0.466 e. The molecule has 0 bridgehead atoms. The minimum atomic E-state index is 0.364. The highest BCUT2D eigenvalue weighted by Gasteiger charge is 2.36. The van der Waals surface area contributed by atoms with E-state index in [2.05, 4.69) is 0 Å². The molecule has 0 aromatic carbocycles. The molecule has 0 atom stereocenters. The summed E-state index contributed by atoms with van der Waals surface area (Å²) in [5, 5.41) is 0. The molecule has 2 saturated carbocycles. The SMILES string of the molecule is [SiH3]O[SiH]C(C1CCC1)C1CCC1. The van der Waals surface area contributed by atoms with E-state index in [9.17, 15) is 0 Å². The highest BCUT2D eigenvalue weighted by molar-refractivity contribution is 6.36. The van der Waals surface area contributed by atoms with Gasteiger partial charge in [0.2, 0.25) is 0 Å². The zero-order valence-electron chi connectivity index (χ0n) is 7.96. The van der Waals surface area contributed by atoms with Crippen LogP contribution < -0.4 is 0 Å². The van der Waals surface area contributed by atoms with Gasteiger partial charge in [-0.05, 0) is 17.4 Å². The molecule has 0 N–H and O–H groups in total. The van der Waals surface area contributed by atoms with Crippen LogP contribution in [0.4, 0.5) is 0 Å². The monoisotopic (exact) mass is 199 g/mol. The van der Waals surface area contributed by atoms with Gasteiger partial charge in [-0.25, -0.2) is 0 Å². The molecule has 2 aliphatic rings. The van der Waals surface area contributed by atoms with Crippen molar-refractivity contribution in [2.45, 2.75) is 44.1 Å². The maximum absolute atomic E-state index is 5.54. The molecule has 2 rings (SSSR count). The molecule has 3 heteroatoms. The molecule has 0 aromatic heterocycles. The van der Waals surface area contributed by atoms with Crippen LogP contribution in [0.3, 0.4) is 0 Å². The zero-order valence-corrected chi connectivity index (χ0v) is 11.1. The van der Waals surface area contributed by atoms with Crippen LogP contribution in [-0.2, 0) is 4.12 Å². The van der Waals surface area contributed by atoms with E-state index in [-0.39, 0.29) is 0 Å². The summed E-state index contributed by atoms with van der Waals surface area (Å²) in [7, 11) is 1.33. The summed E-state index contributed by atoms with van der Waals surface area (Å²) < 4.78 is 5.54. The second-order valence-corrected chi connectivity index (χ2v) is 7.26. The molecule has 69 valence electrons. The van der Waals surface area contributed by atoms with Crippen LogP contribution in [0.25, 0.3) is 0 Å². The third-order valence-electron chi connectivity index (χ3n) is 3.68. The predicted octanol–water partition coefficient (Wildman–Crippen LogP) is 1.02. The zero-order chi connectivity index (χ0) is 8.39. The van der Waals surface area contributed by atoms with Crippen LogP contribution in [0.5, 0.6) is 0 Å². The van der Waals surface area contributed by atoms with Crippen molar-refractivity contribution in [2.24, 2.45) is 11.8 Å². The third kappa shape index (κ3) is 1.68. The summed E-state index contributed by atoms with van der Waals surface area (Å²) in [6.07, 6.45) is 9.04. The molecule has 0 unspecified atom stereocenters. The molecule has 0 aromatic rings. The van der Waals surface area contributed by atoms with E-state index in [1.807, 2.05) is 0 Å². The topological polar surface area (TPSA) is 9.23 Å². The highest BCUT2D eigenvalue weighted by Crippen LogP contribution is 2.47. The van der Waals surface area contributed by atoms with Crippen molar-refractivity contribution < 1.29 is 4.12 Å². The van der Waals surface area contributed by atoms with Gasteiger partial charge in [-0.15, -0.1) is 0 Å². The van der Waals surface area contributed by atoms with Gasteiger partial charge < -0.3 is 4.12 Å². The quantitative estimate of drug-likeness (QED) is 0.615. The van der Waals surface area contributed by atoms with Gasteiger partial charge in [0.15, 0.2) is 9.76 Å². The lowest BCUT2D eigenvalue weighted by Crippen LogP contribution is -2.32. The van der Waals surface area contributed by atoms with Gasteiger partial charge in [-0.1, -0.05) is 38.5 Å². The molecular formula is C9H19OSi2. The van der Waals surface area contributed by atoms with E-state index < -0.39 is 0 Å². The normalized spacial score (nSPS) is 25.8. The molecule has 2 fully saturated rings. The summed E-state index contributed by atoms with van der Waals surface area (Å²) in [5.41, 5.74) is 1.03. The Hall–Kier alpha value is 0.394. The second-order valence-electron chi connectivity index (χ2n) is 4.33. The summed E-state index contributed by atoms with van der Waals surface area (Å²) >= 11 is 0. The Labute approximate surface area is 80.8 Å². The van der Waals surface area contributed by atoms with E-state index in [4.69, 9.17) is 4.12 Å². The van der Waals surface area contributed by atoms with Gasteiger partial charge in [0.05, 0.1) is 0 Å². The third-order valence-corrected chi connectivity index (χ3v) is 6.17. The van der Waals surface area contributed by atoms with Gasteiger partial charge in [0, 0.05) is 0 Å². The van der Waals surface area contributed by atoms with E-state index in [0.29, 0.717) is 9.76 Å². The van der Waals surface area contributed by atoms with E-state index in [1.165, 1.54) is 38.5 Å². The molecule has 0 aliphatic heterocycles. The number of hydrogen-bond acceptors (Lipinski definition) is 1. The van der Waals surface area contributed by atoms with E-state index in [0.717, 1.165) is 27.9 Å². The average Bonchev–Trinajstić information content (AvgIpc) is 1.79. The lowest BCUT2D eigenvalue weighted by Gasteiger charge is -2.41.